The lowest BCUT2D eigenvalue weighted by Crippen LogP contribution is -2.32. The largest absolute Gasteiger partial charge is 0.507 e. The number of carbonyl (C=O) groups excluding carboxylic acids is 2. The summed E-state index contributed by atoms with van der Waals surface area (Å²) in [6.07, 6.45) is 5.01. The number of anilines is 1. The first-order valence-corrected chi connectivity index (χ1v) is 13.1. The molecule has 0 saturated heterocycles. The summed E-state index contributed by atoms with van der Waals surface area (Å²) in [4.78, 5) is 25.9. The lowest BCUT2D eigenvalue weighted by Gasteiger charge is -2.12. The van der Waals surface area contributed by atoms with Crippen molar-refractivity contribution in [3.63, 3.8) is 0 Å². The van der Waals surface area contributed by atoms with E-state index in [0.717, 1.165) is 48.9 Å². The zero-order valence-corrected chi connectivity index (χ0v) is 21.5. The Morgan fingerprint density at radius 3 is 2.45 bits per heavy atom. The molecule has 7 nitrogen and oxygen atoms in total. The Morgan fingerprint density at radius 2 is 1.71 bits per heavy atom. The zero-order valence-electron chi connectivity index (χ0n) is 21.5. The molecule has 4 aromatic rings. The second-order valence-electron chi connectivity index (χ2n) is 9.82. The summed E-state index contributed by atoms with van der Waals surface area (Å²) < 4.78 is 1.46. The Hall–Kier alpha value is -4.39. The predicted octanol–water partition coefficient (Wildman–Crippen LogP) is 6.27. The van der Waals surface area contributed by atoms with Gasteiger partial charge in [0.15, 0.2) is 0 Å². The van der Waals surface area contributed by atoms with E-state index < -0.39 is 0 Å². The van der Waals surface area contributed by atoms with Gasteiger partial charge in [-0.3, -0.25) is 4.79 Å². The Morgan fingerprint density at radius 1 is 0.974 bits per heavy atom. The molecule has 1 fully saturated rings. The lowest BCUT2D eigenvalue weighted by molar-refractivity contribution is 0.102. The minimum Gasteiger partial charge on any atom is -0.507 e. The first-order valence-electron chi connectivity index (χ1n) is 13.1. The molecule has 0 spiro atoms. The first-order chi connectivity index (χ1) is 18.5. The summed E-state index contributed by atoms with van der Waals surface area (Å²) in [5, 5.41) is 21.3. The highest BCUT2D eigenvalue weighted by Crippen LogP contribution is 2.38. The smallest absolute Gasteiger partial charge is 0.342 e. The summed E-state index contributed by atoms with van der Waals surface area (Å²) >= 11 is 0. The van der Waals surface area contributed by atoms with E-state index in [1.807, 2.05) is 61.5 Å². The van der Waals surface area contributed by atoms with Crippen LogP contribution in [0.15, 0.2) is 78.9 Å². The first kappa shape index (κ1) is 25.3. The van der Waals surface area contributed by atoms with E-state index in [2.05, 4.69) is 15.7 Å². The van der Waals surface area contributed by atoms with Crippen LogP contribution in [-0.2, 0) is 6.42 Å². The number of benzene rings is 3. The molecule has 1 saturated carbocycles. The van der Waals surface area contributed by atoms with Crippen LogP contribution in [0.5, 0.6) is 5.75 Å². The van der Waals surface area contributed by atoms with Crippen molar-refractivity contribution in [1.82, 2.24) is 15.1 Å². The lowest BCUT2D eigenvalue weighted by atomic mass is 10.0. The maximum absolute atomic E-state index is 13.2. The molecular formula is C31H32N4O3. The Labute approximate surface area is 222 Å². The number of amides is 2. The highest BCUT2D eigenvalue weighted by molar-refractivity contribution is 6.05. The monoisotopic (exact) mass is 508 g/mol. The maximum atomic E-state index is 13.2. The molecule has 0 atom stereocenters. The molecule has 0 bridgehead atoms. The number of hydrogen-bond donors (Lipinski definition) is 3. The van der Waals surface area contributed by atoms with E-state index in [9.17, 15) is 14.7 Å². The van der Waals surface area contributed by atoms with Crippen molar-refractivity contribution >= 4 is 17.6 Å². The van der Waals surface area contributed by atoms with Crippen LogP contribution in [0.2, 0.25) is 0 Å². The molecule has 38 heavy (non-hydrogen) atoms. The minimum atomic E-state index is -0.268. The Bertz CT molecular complexity index is 1440. The maximum Gasteiger partial charge on any atom is 0.342 e. The van der Waals surface area contributed by atoms with Crippen LogP contribution >= 0.6 is 0 Å². The molecule has 0 unspecified atom stereocenters. The van der Waals surface area contributed by atoms with E-state index in [4.69, 9.17) is 0 Å². The molecule has 1 aromatic heterocycles. The zero-order chi connectivity index (χ0) is 26.5. The predicted molar refractivity (Wildman–Crippen MR) is 149 cm³/mol. The van der Waals surface area contributed by atoms with Crippen LogP contribution < -0.4 is 10.6 Å². The number of aromatic hydroxyl groups is 1. The highest BCUT2D eigenvalue weighted by atomic mass is 16.3. The van der Waals surface area contributed by atoms with Gasteiger partial charge in [0, 0.05) is 35.3 Å². The van der Waals surface area contributed by atoms with Crippen molar-refractivity contribution in [3.8, 4) is 17.0 Å². The summed E-state index contributed by atoms with van der Waals surface area (Å²) in [6, 6.07) is 24.0. The SMILES string of the molecule is Cc1ccccc1C(=O)Nc1ccc(-c2cc(C3CCCC3)n(C(=O)NCCc3ccccc3)n2)c(O)c1. The average molecular weight is 509 g/mol. The molecule has 0 radical (unpaired) electrons. The number of hydrogen-bond acceptors (Lipinski definition) is 4. The number of rotatable bonds is 7. The van der Waals surface area contributed by atoms with Gasteiger partial charge in [0.1, 0.15) is 5.75 Å². The molecule has 1 aliphatic rings. The van der Waals surface area contributed by atoms with Gasteiger partial charge in [0.05, 0.1) is 11.4 Å². The molecule has 3 aromatic carbocycles. The minimum absolute atomic E-state index is 0.0142. The van der Waals surface area contributed by atoms with Gasteiger partial charge in [-0.1, -0.05) is 61.4 Å². The number of aryl methyl sites for hydroxylation is 1. The van der Waals surface area contributed by atoms with Crippen molar-refractivity contribution in [2.45, 2.75) is 44.9 Å². The van der Waals surface area contributed by atoms with Crippen molar-refractivity contribution in [2.75, 3.05) is 11.9 Å². The normalized spacial score (nSPS) is 13.4. The topological polar surface area (TPSA) is 96.3 Å². The summed E-state index contributed by atoms with van der Waals surface area (Å²) in [7, 11) is 0. The van der Waals surface area contributed by atoms with Crippen molar-refractivity contribution in [3.05, 3.63) is 101 Å². The van der Waals surface area contributed by atoms with Crippen LogP contribution in [0.3, 0.4) is 0 Å². The van der Waals surface area contributed by atoms with E-state index in [0.29, 0.717) is 29.1 Å². The molecule has 1 aliphatic carbocycles. The third kappa shape index (κ3) is 5.62. The molecule has 0 aliphatic heterocycles. The molecular weight excluding hydrogens is 476 g/mol. The Balaban J connectivity index is 1.35. The van der Waals surface area contributed by atoms with Crippen LogP contribution in [0.25, 0.3) is 11.3 Å². The van der Waals surface area contributed by atoms with Gasteiger partial charge in [-0.15, -0.1) is 0 Å². The van der Waals surface area contributed by atoms with Crippen LogP contribution in [-0.4, -0.2) is 33.4 Å². The van der Waals surface area contributed by atoms with Gasteiger partial charge in [-0.05, 0) is 61.6 Å². The average Bonchev–Trinajstić information content (AvgIpc) is 3.60. The van der Waals surface area contributed by atoms with Crippen LogP contribution in [0.4, 0.5) is 10.5 Å². The number of carbonyl (C=O) groups is 2. The van der Waals surface area contributed by atoms with Crippen LogP contribution in [0, 0.1) is 6.92 Å². The third-order valence-corrected chi connectivity index (χ3v) is 7.16. The molecule has 3 N–H and O–H groups in total. The fourth-order valence-corrected chi connectivity index (χ4v) is 5.09. The van der Waals surface area contributed by atoms with Gasteiger partial charge < -0.3 is 15.7 Å². The van der Waals surface area contributed by atoms with Crippen LogP contribution in [0.1, 0.15) is 58.8 Å². The standard InChI is InChI=1S/C31H32N4O3/c1-21-9-5-8-14-25(21)30(37)33-24-15-16-26(29(36)19-24)27-20-28(23-12-6-7-13-23)35(34-27)31(38)32-18-17-22-10-3-2-4-11-22/h2-5,8-11,14-16,19-20,23,36H,6-7,12-13,17-18H2,1H3,(H,32,38)(H,33,37). The summed E-state index contributed by atoms with van der Waals surface area (Å²) in [5.41, 5.74) is 4.99. The number of phenols is 1. The fraction of sp³-hybridized carbons (Fsp3) is 0.258. The molecule has 1 heterocycles. The van der Waals surface area contributed by atoms with Crippen molar-refractivity contribution in [2.24, 2.45) is 0 Å². The van der Waals surface area contributed by atoms with E-state index in [1.165, 1.54) is 10.7 Å². The summed E-state index contributed by atoms with van der Waals surface area (Å²) in [5.74, 6) is 0.000789. The number of nitrogens with one attached hydrogen (secondary N) is 2. The molecule has 2 amide bonds. The molecule has 194 valence electrons. The van der Waals surface area contributed by atoms with Gasteiger partial charge in [0.25, 0.3) is 5.91 Å². The molecule has 7 heteroatoms. The van der Waals surface area contributed by atoms with Gasteiger partial charge in [0.2, 0.25) is 0 Å². The van der Waals surface area contributed by atoms with E-state index in [1.54, 1.807) is 18.2 Å². The van der Waals surface area contributed by atoms with Gasteiger partial charge in [-0.25, -0.2) is 4.79 Å². The van der Waals surface area contributed by atoms with E-state index in [-0.39, 0.29) is 23.6 Å². The molecule has 5 rings (SSSR count). The van der Waals surface area contributed by atoms with Gasteiger partial charge in [-0.2, -0.15) is 9.78 Å². The third-order valence-electron chi connectivity index (χ3n) is 7.16. The fourth-order valence-electron chi connectivity index (χ4n) is 5.09. The van der Waals surface area contributed by atoms with Crippen molar-refractivity contribution in [1.29, 1.82) is 0 Å². The highest BCUT2D eigenvalue weighted by Gasteiger charge is 2.26. The quantitative estimate of drug-likeness (QED) is 0.274. The number of aromatic nitrogens is 2. The summed E-state index contributed by atoms with van der Waals surface area (Å²) in [6.45, 7) is 2.38. The Kier molecular flexibility index (Phi) is 7.54. The van der Waals surface area contributed by atoms with Crippen molar-refractivity contribution < 1.29 is 14.7 Å². The number of nitrogens with zero attached hydrogens (tertiary/aromatic N) is 2. The van der Waals surface area contributed by atoms with Gasteiger partial charge >= 0.3 is 6.03 Å². The number of phenolic OH excluding ortho intramolecular Hbond substituents is 1. The second-order valence-corrected chi connectivity index (χ2v) is 9.82. The second kappa shape index (κ2) is 11.3. The van der Waals surface area contributed by atoms with E-state index >= 15 is 0 Å².